The molecule has 1 fully saturated rings. The molecule has 2 rings (SSSR count). The molecule has 1 aromatic rings. The van der Waals surface area contributed by atoms with Gasteiger partial charge in [0.15, 0.2) is 5.82 Å². The van der Waals surface area contributed by atoms with E-state index in [1.807, 2.05) is 13.8 Å². The lowest BCUT2D eigenvalue weighted by atomic mass is 10.0. The summed E-state index contributed by atoms with van der Waals surface area (Å²) in [6.45, 7) is 3.92. The van der Waals surface area contributed by atoms with E-state index in [9.17, 15) is 4.79 Å². The Hall–Kier alpha value is -1.32. The molecule has 2 N–H and O–H groups in total. The summed E-state index contributed by atoms with van der Waals surface area (Å²) in [5.41, 5.74) is 2.04. The topological polar surface area (TPSA) is 57.8 Å². The molecule has 0 aliphatic heterocycles. The number of hydrogen-bond donors (Lipinski definition) is 2. The zero-order chi connectivity index (χ0) is 12.3. The highest BCUT2D eigenvalue weighted by atomic mass is 16.1. The van der Waals surface area contributed by atoms with Gasteiger partial charge in [-0.1, -0.05) is 25.7 Å². The maximum Gasteiger partial charge on any atom is 0.225 e. The van der Waals surface area contributed by atoms with Crippen molar-refractivity contribution in [1.29, 1.82) is 0 Å². The lowest BCUT2D eigenvalue weighted by Crippen LogP contribution is -2.13. The molecule has 1 saturated carbocycles. The number of nitrogens with zero attached hydrogens (tertiary/aromatic N) is 1. The van der Waals surface area contributed by atoms with Crippen molar-refractivity contribution in [2.75, 3.05) is 5.32 Å². The Kier molecular flexibility index (Phi) is 3.82. The van der Waals surface area contributed by atoms with Gasteiger partial charge in [0.25, 0.3) is 0 Å². The third kappa shape index (κ3) is 3.08. The first kappa shape index (κ1) is 12.1. The van der Waals surface area contributed by atoms with E-state index >= 15 is 0 Å². The molecule has 1 aromatic heterocycles. The van der Waals surface area contributed by atoms with Crippen LogP contribution in [0.2, 0.25) is 0 Å². The third-order valence-electron chi connectivity index (χ3n) is 3.77. The molecule has 4 heteroatoms. The number of carbonyl (C=O) groups excluding carboxylic acids is 1. The molecular formula is C13H21N3O. The van der Waals surface area contributed by atoms with Crippen LogP contribution < -0.4 is 5.32 Å². The van der Waals surface area contributed by atoms with Gasteiger partial charge in [-0.05, 0) is 26.2 Å². The van der Waals surface area contributed by atoms with Crippen LogP contribution in [0.4, 0.5) is 5.82 Å². The van der Waals surface area contributed by atoms with Gasteiger partial charge in [-0.25, -0.2) is 0 Å². The summed E-state index contributed by atoms with van der Waals surface area (Å²) < 4.78 is 0. The highest BCUT2D eigenvalue weighted by Crippen LogP contribution is 2.28. The van der Waals surface area contributed by atoms with Gasteiger partial charge in [-0.2, -0.15) is 5.10 Å². The Morgan fingerprint density at radius 3 is 2.71 bits per heavy atom. The van der Waals surface area contributed by atoms with Crippen LogP contribution in [0.15, 0.2) is 0 Å². The molecule has 4 nitrogen and oxygen atoms in total. The molecule has 0 bridgehead atoms. The second-order valence-corrected chi connectivity index (χ2v) is 5.06. The van der Waals surface area contributed by atoms with E-state index in [4.69, 9.17) is 0 Å². The Balaban J connectivity index is 1.78. The van der Waals surface area contributed by atoms with E-state index in [1.165, 1.54) is 25.7 Å². The van der Waals surface area contributed by atoms with Gasteiger partial charge in [-0.3, -0.25) is 9.89 Å². The zero-order valence-corrected chi connectivity index (χ0v) is 10.7. The zero-order valence-electron chi connectivity index (χ0n) is 10.7. The highest BCUT2D eigenvalue weighted by Gasteiger charge is 2.16. The highest BCUT2D eigenvalue weighted by molar-refractivity contribution is 5.90. The second-order valence-electron chi connectivity index (χ2n) is 5.06. The van der Waals surface area contributed by atoms with Crippen LogP contribution in [0, 0.1) is 19.8 Å². The molecule has 1 aliphatic rings. The SMILES string of the molecule is Cc1[nH]nc(NC(=O)CCC2CCCC2)c1C. The minimum Gasteiger partial charge on any atom is -0.309 e. The molecule has 17 heavy (non-hydrogen) atoms. The summed E-state index contributed by atoms with van der Waals surface area (Å²) in [6, 6.07) is 0. The minimum absolute atomic E-state index is 0.0894. The summed E-state index contributed by atoms with van der Waals surface area (Å²) in [5, 5.41) is 9.83. The Morgan fingerprint density at radius 1 is 1.41 bits per heavy atom. The van der Waals surface area contributed by atoms with Crippen molar-refractivity contribution in [2.24, 2.45) is 5.92 Å². The maximum atomic E-state index is 11.8. The van der Waals surface area contributed by atoms with Gasteiger partial charge in [0.1, 0.15) is 0 Å². The molecule has 1 amide bonds. The molecule has 0 atom stereocenters. The molecule has 1 aliphatic carbocycles. The van der Waals surface area contributed by atoms with E-state index in [0.717, 1.165) is 23.6 Å². The quantitative estimate of drug-likeness (QED) is 0.843. The van der Waals surface area contributed by atoms with Crippen LogP contribution in [0.25, 0.3) is 0 Å². The van der Waals surface area contributed by atoms with Gasteiger partial charge in [0.05, 0.1) is 0 Å². The number of amides is 1. The Morgan fingerprint density at radius 2 is 2.12 bits per heavy atom. The number of aromatic amines is 1. The predicted octanol–water partition coefficient (Wildman–Crippen LogP) is 2.94. The lowest BCUT2D eigenvalue weighted by Gasteiger charge is -2.08. The maximum absolute atomic E-state index is 11.8. The number of aromatic nitrogens is 2. The van der Waals surface area contributed by atoms with Crippen molar-refractivity contribution in [3.63, 3.8) is 0 Å². The monoisotopic (exact) mass is 235 g/mol. The van der Waals surface area contributed by atoms with Crippen LogP contribution in [0.1, 0.15) is 49.8 Å². The molecule has 0 radical (unpaired) electrons. The number of H-pyrrole nitrogens is 1. The number of carbonyl (C=O) groups is 1. The number of aryl methyl sites for hydroxylation is 1. The molecule has 1 heterocycles. The largest absolute Gasteiger partial charge is 0.309 e. The predicted molar refractivity (Wildman–Crippen MR) is 67.9 cm³/mol. The number of nitrogens with one attached hydrogen (secondary N) is 2. The second kappa shape index (κ2) is 5.34. The van der Waals surface area contributed by atoms with Crippen LogP contribution in [-0.2, 0) is 4.79 Å². The van der Waals surface area contributed by atoms with Crippen molar-refractivity contribution in [3.05, 3.63) is 11.3 Å². The Bertz CT molecular complexity index is 391. The summed E-state index contributed by atoms with van der Waals surface area (Å²) >= 11 is 0. The molecular weight excluding hydrogens is 214 g/mol. The van der Waals surface area contributed by atoms with E-state index in [-0.39, 0.29) is 5.91 Å². The first-order valence-corrected chi connectivity index (χ1v) is 6.48. The summed E-state index contributed by atoms with van der Waals surface area (Å²) in [6.07, 6.45) is 6.92. The summed E-state index contributed by atoms with van der Waals surface area (Å²) in [7, 11) is 0. The van der Waals surface area contributed by atoms with Gasteiger partial charge in [-0.15, -0.1) is 0 Å². The number of anilines is 1. The van der Waals surface area contributed by atoms with Crippen molar-refractivity contribution < 1.29 is 4.79 Å². The molecule has 0 aromatic carbocycles. The number of hydrogen-bond acceptors (Lipinski definition) is 2. The van der Waals surface area contributed by atoms with E-state index in [2.05, 4.69) is 15.5 Å². The minimum atomic E-state index is 0.0894. The van der Waals surface area contributed by atoms with E-state index in [0.29, 0.717) is 12.2 Å². The fraction of sp³-hybridized carbons (Fsp3) is 0.692. The fourth-order valence-corrected chi connectivity index (χ4v) is 2.44. The average molecular weight is 235 g/mol. The van der Waals surface area contributed by atoms with Crippen molar-refractivity contribution >= 4 is 11.7 Å². The first-order chi connectivity index (χ1) is 8.16. The number of rotatable bonds is 4. The normalized spacial score (nSPS) is 16.4. The van der Waals surface area contributed by atoms with Gasteiger partial charge >= 0.3 is 0 Å². The van der Waals surface area contributed by atoms with E-state index < -0.39 is 0 Å². The molecule has 0 saturated heterocycles. The van der Waals surface area contributed by atoms with Crippen LogP contribution >= 0.6 is 0 Å². The van der Waals surface area contributed by atoms with Gasteiger partial charge in [0.2, 0.25) is 5.91 Å². The molecule has 0 unspecified atom stereocenters. The van der Waals surface area contributed by atoms with Crippen molar-refractivity contribution in [3.8, 4) is 0 Å². The standard InChI is InChI=1S/C13H21N3O/c1-9-10(2)15-16-13(9)14-12(17)8-7-11-5-3-4-6-11/h11H,3-8H2,1-2H3,(H2,14,15,16,17). The van der Waals surface area contributed by atoms with Crippen LogP contribution in [-0.4, -0.2) is 16.1 Å². The van der Waals surface area contributed by atoms with Crippen molar-refractivity contribution in [1.82, 2.24) is 10.2 Å². The van der Waals surface area contributed by atoms with Crippen LogP contribution in [0.5, 0.6) is 0 Å². The molecule has 94 valence electrons. The van der Waals surface area contributed by atoms with Gasteiger partial charge < -0.3 is 5.32 Å². The fourth-order valence-electron chi connectivity index (χ4n) is 2.44. The smallest absolute Gasteiger partial charge is 0.225 e. The summed E-state index contributed by atoms with van der Waals surface area (Å²) in [4.78, 5) is 11.8. The Labute approximate surface area is 102 Å². The first-order valence-electron chi connectivity index (χ1n) is 6.48. The van der Waals surface area contributed by atoms with Crippen molar-refractivity contribution in [2.45, 2.75) is 52.4 Å². The van der Waals surface area contributed by atoms with Gasteiger partial charge in [0, 0.05) is 17.7 Å². The van der Waals surface area contributed by atoms with Crippen LogP contribution in [0.3, 0.4) is 0 Å². The lowest BCUT2D eigenvalue weighted by molar-refractivity contribution is -0.116. The molecule has 0 spiro atoms. The third-order valence-corrected chi connectivity index (χ3v) is 3.77. The average Bonchev–Trinajstić information content (AvgIpc) is 2.92. The van der Waals surface area contributed by atoms with E-state index in [1.54, 1.807) is 0 Å². The summed E-state index contributed by atoms with van der Waals surface area (Å²) in [5.74, 6) is 1.54.